The Hall–Kier alpha value is -1.69. The number of piperidine rings is 1. The monoisotopic (exact) mass is 360 g/mol. The lowest BCUT2D eigenvalue weighted by atomic mass is 9.91. The third kappa shape index (κ3) is 4.17. The Balaban J connectivity index is 1.53. The van der Waals surface area contributed by atoms with Gasteiger partial charge in [0.15, 0.2) is 0 Å². The van der Waals surface area contributed by atoms with Crippen molar-refractivity contribution in [3.05, 3.63) is 23.8 Å². The van der Waals surface area contributed by atoms with E-state index in [-0.39, 0.29) is 17.7 Å². The Kier molecular flexibility index (Phi) is 5.80. The predicted molar refractivity (Wildman–Crippen MR) is 101 cm³/mol. The lowest BCUT2D eigenvalue weighted by Gasteiger charge is -2.37. The minimum absolute atomic E-state index is 0.128. The lowest BCUT2D eigenvalue weighted by Crippen LogP contribution is -2.47. The van der Waals surface area contributed by atoms with E-state index in [0.29, 0.717) is 5.92 Å². The molecule has 3 rings (SSSR count). The molecule has 2 fully saturated rings. The van der Waals surface area contributed by atoms with Gasteiger partial charge in [-0.05, 0) is 13.3 Å². The van der Waals surface area contributed by atoms with Crippen molar-refractivity contribution in [1.29, 1.82) is 0 Å². The zero-order valence-corrected chi connectivity index (χ0v) is 16.6. The molecule has 2 aliphatic heterocycles. The average Bonchev–Trinajstić information content (AvgIpc) is 2.94. The number of aromatic nitrogens is 2. The molecule has 0 aromatic carbocycles. The molecular formula is C20H32N4O2. The normalized spacial score (nSPS) is 21.4. The van der Waals surface area contributed by atoms with Crippen molar-refractivity contribution >= 4 is 6.09 Å². The number of hydrogen-bond acceptors (Lipinski definition) is 5. The number of carbonyl (C=O) groups is 1. The third-order valence-corrected chi connectivity index (χ3v) is 5.65. The molecule has 0 radical (unpaired) electrons. The molecule has 0 bridgehead atoms. The van der Waals surface area contributed by atoms with Gasteiger partial charge in [0.05, 0.1) is 6.54 Å². The van der Waals surface area contributed by atoms with Crippen LogP contribution >= 0.6 is 0 Å². The molecule has 1 spiro atoms. The quantitative estimate of drug-likeness (QED) is 0.776. The van der Waals surface area contributed by atoms with E-state index < -0.39 is 0 Å². The molecule has 6 heteroatoms. The highest BCUT2D eigenvalue weighted by atomic mass is 16.6. The SMILES string of the molecule is CCCC(C)N1CC2(CCN(Cc3cnc(C(C)C)nc3)CC2)OC1=O. The summed E-state index contributed by atoms with van der Waals surface area (Å²) in [5, 5.41) is 0. The Morgan fingerprint density at radius 2 is 1.85 bits per heavy atom. The maximum atomic E-state index is 12.3. The summed E-state index contributed by atoms with van der Waals surface area (Å²) in [6.07, 6.45) is 7.68. The molecule has 1 aromatic heterocycles. The Morgan fingerprint density at radius 1 is 1.19 bits per heavy atom. The lowest BCUT2D eigenvalue weighted by molar-refractivity contribution is -0.00136. The van der Waals surface area contributed by atoms with Crippen LogP contribution in [-0.2, 0) is 11.3 Å². The minimum Gasteiger partial charge on any atom is -0.441 e. The van der Waals surface area contributed by atoms with Gasteiger partial charge in [-0.1, -0.05) is 27.2 Å². The van der Waals surface area contributed by atoms with Crippen molar-refractivity contribution in [2.45, 2.75) is 77.5 Å². The first-order valence-electron chi connectivity index (χ1n) is 9.95. The molecule has 6 nitrogen and oxygen atoms in total. The molecule has 1 unspecified atom stereocenters. The van der Waals surface area contributed by atoms with Crippen LogP contribution in [0, 0.1) is 0 Å². The van der Waals surface area contributed by atoms with Crippen LogP contribution in [0.1, 0.15) is 70.7 Å². The van der Waals surface area contributed by atoms with E-state index in [9.17, 15) is 4.79 Å². The first-order chi connectivity index (χ1) is 12.4. The number of carbonyl (C=O) groups excluding carboxylic acids is 1. The van der Waals surface area contributed by atoms with Crippen molar-refractivity contribution in [3.8, 4) is 0 Å². The molecule has 1 aromatic rings. The third-order valence-electron chi connectivity index (χ3n) is 5.65. The second-order valence-electron chi connectivity index (χ2n) is 8.20. The van der Waals surface area contributed by atoms with E-state index in [1.54, 1.807) is 0 Å². The van der Waals surface area contributed by atoms with E-state index in [1.807, 2.05) is 17.3 Å². The van der Waals surface area contributed by atoms with Gasteiger partial charge in [-0.2, -0.15) is 0 Å². The van der Waals surface area contributed by atoms with E-state index in [2.05, 4.69) is 42.6 Å². The van der Waals surface area contributed by atoms with Crippen LogP contribution < -0.4 is 0 Å². The van der Waals surface area contributed by atoms with Gasteiger partial charge >= 0.3 is 6.09 Å². The highest BCUT2D eigenvalue weighted by Crippen LogP contribution is 2.35. The van der Waals surface area contributed by atoms with Crippen molar-refractivity contribution in [3.63, 3.8) is 0 Å². The maximum Gasteiger partial charge on any atom is 0.410 e. The van der Waals surface area contributed by atoms with Gasteiger partial charge < -0.3 is 9.64 Å². The summed E-state index contributed by atoms with van der Waals surface area (Å²) in [6, 6.07) is 0.265. The van der Waals surface area contributed by atoms with Gasteiger partial charge in [-0.15, -0.1) is 0 Å². The summed E-state index contributed by atoms with van der Waals surface area (Å²) in [7, 11) is 0. The number of hydrogen-bond donors (Lipinski definition) is 0. The first kappa shape index (κ1) is 19.1. The molecule has 0 aliphatic carbocycles. The fraction of sp³-hybridized carbons (Fsp3) is 0.750. The number of ether oxygens (including phenoxy) is 1. The van der Waals surface area contributed by atoms with E-state index in [4.69, 9.17) is 4.74 Å². The van der Waals surface area contributed by atoms with Crippen molar-refractivity contribution in [2.24, 2.45) is 0 Å². The Bertz CT molecular complexity index is 609. The van der Waals surface area contributed by atoms with Crippen LogP contribution in [0.5, 0.6) is 0 Å². The van der Waals surface area contributed by atoms with E-state index in [1.165, 1.54) is 0 Å². The van der Waals surface area contributed by atoms with Crippen LogP contribution in [0.15, 0.2) is 12.4 Å². The summed E-state index contributed by atoms with van der Waals surface area (Å²) in [4.78, 5) is 25.5. The number of amides is 1. The van der Waals surface area contributed by atoms with Gasteiger partial charge in [0.1, 0.15) is 11.4 Å². The number of rotatable bonds is 6. The largest absolute Gasteiger partial charge is 0.441 e. The van der Waals surface area contributed by atoms with Crippen LogP contribution in [0.2, 0.25) is 0 Å². The summed E-state index contributed by atoms with van der Waals surface area (Å²) < 4.78 is 5.85. The molecule has 0 saturated carbocycles. The average molecular weight is 361 g/mol. The van der Waals surface area contributed by atoms with Crippen LogP contribution in [-0.4, -0.2) is 57.1 Å². The topological polar surface area (TPSA) is 58.6 Å². The molecule has 144 valence electrons. The fourth-order valence-corrected chi connectivity index (χ4v) is 3.94. The number of likely N-dealkylation sites (tertiary alicyclic amines) is 1. The molecular weight excluding hydrogens is 328 g/mol. The van der Waals surface area contributed by atoms with Crippen molar-refractivity contribution < 1.29 is 9.53 Å². The highest BCUT2D eigenvalue weighted by molar-refractivity contribution is 5.71. The van der Waals surface area contributed by atoms with Gasteiger partial charge in [0, 0.05) is 62.4 Å². The molecule has 26 heavy (non-hydrogen) atoms. The number of nitrogens with zero attached hydrogens (tertiary/aromatic N) is 4. The van der Waals surface area contributed by atoms with Crippen LogP contribution in [0.25, 0.3) is 0 Å². The molecule has 2 aliphatic rings. The summed E-state index contributed by atoms with van der Waals surface area (Å²) in [5.41, 5.74) is 0.861. The summed E-state index contributed by atoms with van der Waals surface area (Å²) in [6.45, 7) is 12.0. The first-order valence-corrected chi connectivity index (χ1v) is 9.95. The van der Waals surface area contributed by atoms with E-state index in [0.717, 1.165) is 63.3 Å². The zero-order chi connectivity index (χ0) is 18.7. The molecule has 2 saturated heterocycles. The molecule has 1 amide bonds. The van der Waals surface area contributed by atoms with Crippen LogP contribution in [0.3, 0.4) is 0 Å². The van der Waals surface area contributed by atoms with Gasteiger partial charge in [-0.3, -0.25) is 4.90 Å². The minimum atomic E-state index is -0.284. The smallest absolute Gasteiger partial charge is 0.410 e. The van der Waals surface area contributed by atoms with Gasteiger partial charge in [-0.25, -0.2) is 14.8 Å². The van der Waals surface area contributed by atoms with Crippen molar-refractivity contribution in [2.75, 3.05) is 19.6 Å². The highest BCUT2D eigenvalue weighted by Gasteiger charge is 2.47. The molecule has 0 N–H and O–H groups in total. The Morgan fingerprint density at radius 3 is 2.42 bits per heavy atom. The summed E-state index contributed by atoms with van der Waals surface area (Å²) >= 11 is 0. The second kappa shape index (κ2) is 7.91. The maximum absolute atomic E-state index is 12.3. The zero-order valence-electron chi connectivity index (χ0n) is 16.6. The predicted octanol–water partition coefficient (Wildman–Crippen LogP) is 3.58. The fourth-order valence-electron chi connectivity index (χ4n) is 3.94. The van der Waals surface area contributed by atoms with E-state index >= 15 is 0 Å². The second-order valence-corrected chi connectivity index (χ2v) is 8.20. The molecule has 3 heterocycles. The molecule has 1 atom stereocenters. The van der Waals surface area contributed by atoms with Crippen molar-refractivity contribution in [1.82, 2.24) is 19.8 Å². The summed E-state index contributed by atoms with van der Waals surface area (Å²) in [5.74, 6) is 1.25. The van der Waals surface area contributed by atoms with Gasteiger partial charge in [0.2, 0.25) is 0 Å². The Labute approximate surface area is 156 Å². The van der Waals surface area contributed by atoms with Gasteiger partial charge in [0.25, 0.3) is 0 Å². The van der Waals surface area contributed by atoms with Crippen LogP contribution in [0.4, 0.5) is 4.79 Å². The standard InChI is InChI=1S/C20H32N4O2/c1-5-6-16(4)24-14-20(26-19(24)25)7-9-23(10-8-20)13-17-11-21-18(15(2)3)22-12-17/h11-12,15-16H,5-10,13-14H2,1-4H3.